The lowest BCUT2D eigenvalue weighted by molar-refractivity contribution is 0.425. The number of fused-ring (bicyclic) bond motifs is 1. The molecule has 0 aromatic carbocycles. The van der Waals surface area contributed by atoms with Gasteiger partial charge in [-0.05, 0) is 11.5 Å². The van der Waals surface area contributed by atoms with Crippen molar-refractivity contribution >= 4 is 18.2 Å². The van der Waals surface area contributed by atoms with Crippen LogP contribution in [0.5, 0.6) is 0 Å². The zero-order chi connectivity index (χ0) is 9.42. The number of pyridine rings is 1. The van der Waals surface area contributed by atoms with Gasteiger partial charge in [-0.1, -0.05) is 6.07 Å². The molecule has 0 unspecified atom stereocenters. The van der Waals surface area contributed by atoms with Crippen LogP contribution in [0.4, 0.5) is 4.39 Å². The second-order valence-electron chi connectivity index (χ2n) is 2.65. The Morgan fingerprint density at radius 3 is 2.85 bits per heavy atom. The normalized spacial score (nSPS) is 10.7. The van der Waals surface area contributed by atoms with E-state index in [0.717, 1.165) is 10.6 Å². The summed E-state index contributed by atoms with van der Waals surface area (Å²) in [6.07, 6.45) is 2.37. The van der Waals surface area contributed by atoms with Gasteiger partial charge in [-0.2, -0.15) is 4.39 Å². The maximum Gasteiger partial charge on any atom is 0.489 e. The molecule has 0 bridgehead atoms. The van der Waals surface area contributed by atoms with Crippen LogP contribution in [0.1, 0.15) is 0 Å². The van der Waals surface area contributed by atoms with Gasteiger partial charge in [0.15, 0.2) is 0 Å². The van der Waals surface area contributed by atoms with Crippen LogP contribution in [-0.2, 0) is 0 Å². The van der Waals surface area contributed by atoms with Crippen LogP contribution in [0.15, 0.2) is 24.5 Å². The molecule has 2 N–H and O–H groups in total. The third-order valence-corrected chi connectivity index (χ3v) is 1.78. The van der Waals surface area contributed by atoms with Gasteiger partial charge in [-0.25, -0.2) is 4.98 Å². The Kier molecular flexibility index (Phi) is 1.79. The van der Waals surface area contributed by atoms with Gasteiger partial charge in [-0.3, -0.25) is 4.40 Å². The summed E-state index contributed by atoms with van der Waals surface area (Å²) in [5, 5.41) is 17.6. The van der Waals surface area contributed by atoms with Crippen LogP contribution < -0.4 is 5.46 Å². The average Bonchev–Trinajstić information content (AvgIpc) is 2.47. The first-order valence-corrected chi connectivity index (χ1v) is 3.67. The summed E-state index contributed by atoms with van der Waals surface area (Å²) in [6, 6.07) is 2.99. The number of hydrogen-bond acceptors (Lipinski definition) is 3. The van der Waals surface area contributed by atoms with Crippen molar-refractivity contribution in [2.75, 3.05) is 0 Å². The quantitative estimate of drug-likeness (QED) is 0.562. The van der Waals surface area contributed by atoms with Gasteiger partial charge in [0.25, 0.3) is 0 Å². The molecule has 6 heteroatoms. The average molecular weight is 180 g/mol. The van der Waals surface area contributed by atoms with Crippen molar-refractivity contribution in [1.82, 2.24) is 9.38 Å². The van der Waals surface area contributed by atoms with Crippen LogP contribution in [0, 0.1) is 5.95 Å². The molecule has 0 aliphatic heterocycles. The monoisotopic (exact) mass is 180 g/mol. The molecule has 2 aromatic heterocycles. The third kappa shape index (κ3) is 1.30. The number of halogens is 1. The van der Waals surface area contributed by atoms with Gasteiger partial charge in [0, 0.05) is 6.20 Å². The lowest BCUT2D eigenvalue weighted by Crippen LogP contribution is -2.30. The minimum Gasteiger partial charge on any atom is -0.423 e. The highest BCUT2D eigenvalue weighted by Gasteiger charge is 2.12. The Hall–Kier alpha value is -1.40. The number of rotatable bonds is 1. The molecular weight excluding hydrogens is 174 g/mol. The van der Waals surface area contributed by atoms with Gasteiger partial charge < -0.3 is 10.0 Å². The van der Waals surface area contributed by atoms with E-state index >= 15 is 0 Å². The summed E-state index contributed by atoms with van der Waals surface area (Å²) < 4.78 is 14.1. The van der Waals surface area contributed by atoms with Crippen LogP contribution in [0.2, 0.25) is 0 Å². The van der Waals surface area contributed by atoms with Gasteiger partial charge in [-0.15, -0.1) is 0 Å². The van der Waals surface area contributed by atoms with Crippen LogP contribution in [-0.4, -0.2) is 26.6 Å². The molecular formula is C7H6BFN2O2. The van der Waals surface area contributed by atoms with E-state index in [4.69, 9.17) is 10.0 Å². The molecule has 0 fully saturated rings. The summed E-state index contributed by atoms with van der Waals surface area (Å²) in [5.41, 5.74) is 0.659. The fourth-order valence-corrected chi connectivity index (χ4v) is 1.12. The number of aromatic nitrogens is 2. The van der Waals surface area contributed by atoms with E-state index < -0.39 is 13.1 Å². The summed E-state index contributed by atoms with van der Waals surface area (Å²) in [4.78, 5) is 3.74. The van der Waals surface area contributed by atoms with Crippen molar-refractivity contribution in [1.29, 1.82) is 0 Å². The zero-order valence-electron chi connectivity index (χ0n) is 6.55. The molecule has 0 radical (unpaired) electrons. The molecule has 0 saturated heterocycles. The van der Waals surface area contributed by atoms with E-state index in [2.05, 4.69) is 4.98 Å². The molecule has 0 amide bonds. The van der Waals surface area contributed by atoms with Crippen LogP contribution in [0.3, 0.4) is 0 Å². The SMILES string of the molecule is OB(O)c1ccc2ncc(F)n2c1. The predicted molar refractivity (Wildman–Crippen MR) is 45.0 cm³/mol. The number of nitrogens with zero attached hydrogens (tertiary/aromatic N) is 2. The van der Waals surface area contributed by atoms with Crippen molar-refractivity contribution in [3.05, 3.63) is 30.5 Å². The summed E-state index contributed by atoms with van der Waals surface area (Å²) >= 11 is 0. The Morgan fingerprint density at radius 1 is 1.38 bits per heavy atom. The molecule has 2 aromatic rings. The van der Waals surface area contributed by atoms with E-state index in [1.165, 1.54) is 18.3 Å². The van der Waals surface area contributed by atoms with Crippen LogP contribution in [0.25, 0.3) is 5.65 Å². The van der Waals surface area contributed by atoms with E-state index in [-0.39, 0.29) is 5.46 Å². The van der Waals surface area contributed by atoms with Gasteiger partial charge in [0.05, 0.1) is 6.20 Å². The fourth-order valence-electron chi connectivity index (χ4n) is 1.12. The van der Waals surface area contributed by atoms with Gasteiger partial charge in [0.1, 0.15) is 5.65 Å². The summed E-state index contributed by atoms with van der Waals surface area (Å²) in [5.74, 6) is -0.530. The van der Waals surface area contributed by atoms with E-state index in [9.17, 15) is 4.39 Å². The lowest BCUT2D eigenvalue weighted by atomic mass is 9.82. The van der Waals surface area contributed by atoms with Gasteiger partial charge in [0.2, 0.25) is 5.95 Å². The van der Waals surface area contributed by atoms with E-state index in [1.807, 2.05) is 0 Å². The molecule has 0 aliphatic carbocycles. The Morgan fingerprint density at radius 2 is 2.15 bits per heavy atom. The topological polar surface area (TPSA) is 57.8 Å². The molecule has 0 spiro atoms. The minimum atomic E-state index is -1.59. The maximum atomic E-state index is 12.9. The van der Waals surface area contributed by atoms with E-state index in [0.29, 0.717) is 5.65 Å². The summed E-state index contributed by atoms with van der Waals surface area (Å²) in [6.45, 7) is 0. The smallest absolute Gasteiger partial charge is 0.423 e. The highest BCUT2D eigenvalue weighted by Crippen LogP contribution is 2.02. The number of hydrogen-bond donors (Lipinski definition) is 2. The Balaban J connectivity index is 2.66. The van der Waals surface area contributed by atoms with Crippen molar-refractivity contribution in [3.63, 3.8) is 0 Å². The first kappa shape index (κ1) is 8.21. The molecule has 0 aliphatic rings. The predicted octanol–water partition coefficient (Wildman–Crippen LogP) is -0.847. The highest BCUT2D eigenvalue weighted by molar-refractivity contribution is 6.58. The third-order valence-electron chi connectivity index (χ3n) is 1.78. The number of imidazole rings is 1. The second kappa shape index (κ2) is 2.83. The van der Waals surface area contributed by atoms with Crippen molar-refractivity contribution < 1.29 is 14.4 Å². The largest absolute Gasteiger partial charge is 0.489 e. The molecule has 0 atom stereocenters. The Bertz CT molecular complexity index is 443. The molecule has 4 nitrogen and oxygen atoms in total. The first-order valence-electron chi connectivity index (χ1n) is 3.67. The first-order chi connectivity index (χ1) is 6.18. The molecule has 2 rings (SSSR count). The van der Waals surface area contributed by atoms with E-state index in [1.54, 1.807) is 0 Å². The maximum absolute atomic E-state index is 12.9. The lowest BCUT2D eigenvalue weighted by Gasteiger charge is -1.99. The van der Waals surface area contributed by atoms with Crippen molar-refractivity contribution in [3.8, 4) is 0 Å². The van der Waals surface area contributed by atoms with Crippen molar-refractivity contribution in [2.24, 2.45) is 0 Å². The fraction of sp³-hybridized carbons (Fsp3) is 0. The standard InChI is InChI=1S/C7H6BFN2O2/c9-6-3-10-7-2-1-5(8(12)13)4-11(6)7/h1-4,12-13H. The molecule has 13 heavy (non-hydrogen) atoms. The van der Waals surface area contributed by atoms with Crippen LogP contribution >= 0.6 is 0 Å². The molecule has 2 heterocycles. The molecule has 0 saturated carbocycles. The summed E-state index contributed by atoms with van der Waals surface area (Å²) in [7, 11) is -1.59. The highest BCUT2D eigenvalue weighted by atomic mass is 19.1. The Labute approximate surface area is 73.4 Å². The zero-order valence-corrected chi connectivity index (χ0v) is 6.55. The molecule has 66 valence electrons. The van der Waals surface area contributed by atoms with Crippen molar-refractivity contribution in [2.45, 2.75) is 0 Å². The minimum absolute atomic E-state index is 0.226. The second-order valence-corrected chi connectivity index (χ2v) is 2.65. The van der Waals surface area contributed by atoms with Gasteiger partial charge >= 0.3 is 7.12 Å².